The summed E-state index contributed by atoms with van der Waals surface area (Å²) >= 11 is 3.82. The quantitative estimate of drug-likeness (QED) is 0.166. The highest BCUT2D eigenvalue weighted by Crippen LogP contribution is 2.56. The molecule has 0 amide bonds. The Bertz CT molecular complexity index is 3220. The fourth-order valence-corrected chi connectivity index (χ4v) is 11.7. The molecule has 1 aliphatic carbocycles. The van der Waals surface area contributed by atoms with Gasteiger partial charge in [0.2, 0.25) is 0 Å². The third kappa shape index (κ3) is 5.40. The van der Waals surface area contributed by atoms with Crippen molar-refractivity contribution in [1.82, 2.24) is 4.57 Å². The Labute approximate surface area is 345 Å². The number of anilines is 3. The molecule has 0 fully saturated rings. The van der Waals surface area contributed by atoms with Crippen LogP contribution in [-0.4, -0.2) is 4.57 Å². The van der Waals surface area contributed by atoms with E-state index in [1.54, 1.807) is 0 Å². The van der Waals surface area contributed by atoms with Crippen LogP contribution < -0.4 is 4.90 Å². The molecule has 3 heterocycles. The van der Waals surface area contributed by atoms with Crippen LogP contribution in [0.15, 0.2) is 210 Å². The molecule has 2 aliphatic rings. The first-order valence-corrected chi connectivity index (χ1v) is 21.6. The molecule has 2 nitrogen and oxygen atoms in total. The third-order valence-electron chi connectivity index (χ3n) is 11.9. The Balaban J connectivity index is 1.01. The first-order valence-electron chi connectivity index (χ1n) is 19.9. The van der Waals surface area contributed by atoms with Gasteiger partial charge in [0.05, 0.1) is 11.0 Å². The van der Waals surface area contributed by atoms with E-state index >= 15 is 0 Å². The third-order valence-corrected chi connectivity index (χ3v) is 14.4. The van der Waals surface area contributed by atoms with Crippen LogP contribution in [0, 0.1) is 0 Å². The van der Waals surface area contributed by atoms with Gasteiger partial charge in [-0.3, -0.25) is 0 Å². The van der Waals surface area contributed by atoms with Gasteiger partial charge in [0, 0.05) is 64.5 Å². The molecule has 0 saturated carbocycles. The molecular weight excluding hydrogens is 741 g/mol. The van der Waals surface area contributed by atoms with Crippen molar-refractivity contribution in [3.63, 3.8) is 0 Å². The second-order valence-corrected chi connectivity index (χ2v) is 17.4. The van der Waals surface area contributed by atoms with Crippen LogP contribution in [0.1, 0.15) is 17.9 Å². The average Bonchev–Trinajstić information content (AvgIpc) is 3.96. The van der Waals surface area contributed by atoms with Crippen molar-refractivity contribution in [2.75, 3.05) is 4.90 Å². The van der Waals surface area contributed by atoms with Crippen LogP contribution in [0.3, 0.4) is 0 Å². The average molecular weight is 777 g/mol. The van der Waals surface area contributed by atoms with E-state index < -0.39 is 0 Å². The predicted molar refractivity (Wildman–Crippen MR) is 250 cm³/mol. The fourth-order valence-electron chi connectivity index (χ4n) is 9.19. The number of thiophene rings is 1. The number of nitrogens with zero attached hydrogens (tertiary/aromatic N) is 2. The highest BCUT2D eigenvalue weighted by Gasteiger charge is 2.32. The van der Waals surface area contributed by atoms with Gasteiger partial charge in [0.15, 0.2) is 0 Å². The minimum atomic E-state index is 0.384. The van der Waals surface area contributed by atoms with Crippen molar-refractivity contribution in [1.29, 1.82) is 0 Å². The van der Waals surface area contributed by atoms with Crippen LogP contribution in [0.25, 0.3) is 69.9 Å². The maximum atomic E-state index is 2.47. The summed E-state index contributed by atoms with van der Waals surface area (Å²) in [6.07, 6.45) is 7.90. The van der Waals surface area contributed by atoms with Crippen LogP contribution in [0.2, 0.25) is 0 Å². The molecule has 0 saturated heterocycles. The molecule has 0 radical (unpaired) electrons. The van der Waals surface area contributed by atoms with Gasteiger partial charge in [-0.25, -0.2) is 0 Å². The van der Waals surface area contributed by atoms with E-state index in [0.29, 0.717) is 5.92 Å². The van der Waals surface area contributed by atoms with E-state index in [0.717, 1.165) is 23.5 Å². The summed E-state index contributed by atoms with van der Waals surface area (Å²) in [5, 5.41) is 5.19. The fraction of sp³-hybridized carbons (Fsp3) is 0.0370. The van der Waals surface area contributed by atoms with Crippen LogP contribution in [-0.2, 0) is 0 Å². The van der Waals surface area contributed by atoms with Crippen LogP contribution in [0.5, 0.6) is 0 Å². The van der Waals surface area contributed by atoms with Gasteiger partial charge in [-0.05, 0) is 106 Å². The largest absolute Gasteiger partial charge is 0.310 e. The smallest absolute Gasteiger partial charge is 0.0541 e. The lowest BCUT2D eigenvalue weighted by molar-refractivity contribution is 0.836. The van der Waals surface area contributed by atoms with E-state index in [9.17, 15) is 0 Å². The number of fused-ring (bicyclic) bond motifs is 9. The molecule has 2 aromatic heterocycles. The predicted octanol–water partition coefficient (Wildman–Crippen LogP) is 16.0. The van der Waals surface area contributed by atoms with Crippen LogP contribution >= 0.6 is 23.1 Å². The minimum Gasteiger partial charge on any atom is -0.310 e. The second kappa shape index (κ2) is 13.5. The molecule has 1 unspecified atom stereocenters. The number of hydrogen-bond donors (Lipinski definition) is 0. The van der Waals surface area contributed by atoms with Gasteiger partial charge in [-0.15, -0.1) is 11.3 Å². The van der Waals surface area contributed by atoms with E-state index in [-0.39, 0.29) is 0 Å². The Morgan fingerprint density at radius 2 is 1.10 bits per heavy atom. The van der Waals surface area contributed by atoms with E-state index in [1.165, 1.54) is 85.3 Å². The number of para-hydroxylation sites is 2. The lowest BCUT2D eigenvalue weighted by atomic mass is 9.89. The van der Waals surface area contributed by atoms with Gasteiger partial charge in [-0.1, -0.05) is 145 Å². The number of rotatable bonds is 6. The topological polar surface area (TPSA) is 8.17 Å². The highest BCUT2D eigenvalue weighted by atomic mass is 32.2. The van der Waals surface area contributed by atoms with Crippen LogP contribution in [0.4, 0.5) is 17.1 Å². The maximum absolute atomic E-state index is 2.47. The Morgan fingerprint density at radius 1 is 0.500 bits per heavy atom. The zero-order valence-corrected chi connectivity index (χ0v) is 33.2. The summed E-state index contributed by atoms with van der Waals surface area (Å²) in [6, 6.07) is 67.1. The number of benzene rings is 8. The zero-order valence-electron chi connectivity index (χ0n) is 31.5. The number of allylic oxidation sites excluding steroid dienone is 4. The Hall–Kier alpha value is -6.59. The van der Waals surface area contributed by atoms with Gasteiger partial charge < -0.3 is 9.47 Å². The summed E-state index contributed by atoms with van der Waals surface area (Å²) in [6.45, 7) is 0. The molecule has 8 aromatic carbocycles. The standard InChI is InChI=1S/C54H36N2S2/c1-2-12-35(13-3-1)36-22-26-38(27-23-36)55(40-30-31-46-44-16-6-10-20-51(44)57-53(46)34-40)39-28-24-37(25-29-39)47-32-41(33-48-45-17-7-11-21-52(45)58-54(47)48)56-49-18-8-4-14-42(49)43-15-5-9-19-50(43)56/h1-16,18-34,45H,17H2. The van der Waals surface area contributed by atoms with Crippen molar-refractivity contribution >= 4 is 82.1 Å². The molecule has 12 rings (SSSR count). The molecule has 4 heteroatoms. The monoisotopic (exact) mass is 776 g/mol. The van der Waals surface area contributed by atoms with Gasteiger partial charge >= 0.3 is 0 Å². The Kier molecular flexibility index (Phi) is 7.82. The van der Waals surface area contributed by atoms with Crippen molar-refractivity contribution < 1.29 is 0 Å². The summed E-state index contributed by atoms with van der Waals surface area (Å²) in [4.78, 5) is 5.22. The highest BCUT2D eigenvalue weighted by molar-refractivity contribution is 8.03. The molecule has 0 spiro atoms. The van der Waals surface area contributed by atoms with Gasteiger partial charge in [0.1, 0.15) is 0 Å². The number of thioether (sulfide) groups is 1. The SMILES string of the molecule is C1=CCC2C(=C1)Sc1c(-c3ccc(N(c4ccc(-c5ccccc5)cc4)c4ccc5c(c4)sc4ccccc45)cc3)cc(-n3c4ccccc4c4ccccc43)cc12. The molecule has 0 N–H and O–H groups in total. The van der Waals surface area contributed by atoms with Crippen molar-refractivity contribution in [2.45, 2.75) is 17.2 Å². The summed E-state index contributed by atoms with van der Waals surface area (Å²) < 4.78 is 5.08. The molecular formula is C54H36N2S2. The van der Waals surface area contributed by atoms with E-state index in [2.05, 4.69) is 210 Å². The number of aromatic nitrogens is 1. The molecule has 274 valence electrons. The summed E-state index contributed by atoms with van der Waals surface area (Å²) in [7, 11) is 0. The maximum Gasteiger partial charge on any atom is 0.0541 e. The number of hydrogen-bond acceptors (Lipinski definition) is 3. The molecule has 1 aliphatic heterocycles. The summed E-state index contributed by atoms with van der Waals surface area (Å²) in [5.41, 5.74) is 13.4. The van der Waals surface area contributed by atoms with Crippen molar-refractivity contribution in [3.05, 3.63) is 211 Å². The first-order chi connectivity index (χ1) is 28.7. The van der Waals surface area contributed by atoms with E-state index in [4.69, 9.17) is 0 Å². The van der Waals surface area contributed by atoms with Gasteiger partial charge in [-0.2, -0.15) is 0 Å². The van der Waals surface area contributed by atoms with Crippen molar-refractivity contribution in [3.8, 4) is 27.9 Å². The lowest BCUT2D eigenvalue weighted by Gasteiger charge is -2.26. The second-order valence-electron chi connectivity index (χ2n) is 15.2. The minimum absolute atomic E-state index is 0.384. The Morgan fingerprint density at radius 3 is 1.84 bits per heavy atom. The lowest BCUT2D eigenvalue weighted by Crippen LogP contribution is -2.09. The molecule has 1 atom stereocenters. The molecule has 10 aromatic rings. The normalized spacial score (nSPS) is 14.6. The van der Waals surface area contributed by atoms with Crippen molar-refractivity contribution in [2.24, 2.45) is 0 Å². The molecule has 0 bridgehead atoms. The summed E-state index contributed by atoms with van der Waals surface area (Å²) in [5.74, 6) is 0.384. The zero-order chi connectivity index (χ0) is 38.2. The molecule has 58 heavy (non-hydrogen) atoms. The van der Waals surface area contributed by atoms with Gasteiger partial charge in [0.25, 0.3) is 0 Å². The first kappa shape index (κ1) is 33.5. The van der Waals surface area contributed by atoms with E-state index in [1.807, 2.05) is 23.1 Å².